The maximum Gasteiger partial charge on any atom is 0.167 e. The molecule has 5 heteroatoms. The summed E-state index contributed by atoms with van der Waals surface area (Å²) >= 11 is 5.97. The fourth-order valence-corrected chi connectivity index (χ4v) is 2.14. The van der Waals surface area contributed by atoms with Crippen LogP contribution in [0.25, 0.3) is 0 Å². The van der Waals surface area contributed by atoms with E-state index in [1.54, 1.807) is 6.07 Å². The minimum absolute atomic E-state index is 0.0221. The fraction of sp³-hybridized carbons (Fsp3) is 0.200. The maximum atomic E-state index is 13.5. The van der Waals surface area contributed by atoms with Crippen molar-refractivity contribution in [2.24, 2.45) is 0 Å². The zero-order valence-electron chi connectivity index (χ0n) is 11.3. The lowest BCUT2D eigenvalue weighted by atomic mass is 10.1. The highest BCUT2D eigenvalue weighted by molar-refractivity contribution is 6.30. The molecule has 0 spiro atoms. The van der Waals surface area contributed by atoms with Crippen LogP contribution in [0.4, 0.5) is 15.8 Å². The molecule has 0 fully saturated rings. The summed E-state index contributed by atoms with van der Waals surface area (Å²) in [5, 5.41) is 3.89. The second-order valence-electron chi connectivity index (χ2n) is 4.50. The largest absolute Gasteiger partial charge is 0.494 e. The number of benzene rings is 2. The number of rotatable bonds is 4. The van der Waals surface area contributed by atoms with Crippen LogP contribution in [0, 0.1) is 5.82 Å². The van der Waals surface area contributed by atoms with Gasteiger partial charge in [0.2, 0.25) is 0 Å². The molecule has 2 rings (SSSR count). The van der Waals surface area contributed by atoms with Gasteiger partial charge >= 0.3 is 0 Å². The van der Waals surface area contributed by atoms with E-state index in [1.165, 1.54) is 13.2 Å². The van der Waals surface area contributed by atoms with Gasteiger partial charge in [-0.05, 0) is 24.6 Å². The zero-order valence-corrected chi connectivity index (χ0v) is 12.0. The van der Waals surface area contributed by atoms with Crippen molar-refractivity contribution in [3.8, 4) is 5.75 Å². The van der Waals surface area contributed by atoms with E-state index in [1.807, 2.05) is 31.2 Å². The van der Waals surface area contributed by atoms with E-state index < -0.39 is 5.82 Å². The zero-order chi connectivity index (χ0) is 14.7. The highest BCUT2D eigenvalue weighted by atomic mass is 35.5. The summed E-state index contributed by atoms with van der Waals surface area (Å²) in [6.45, 7) is 1.97. The molecule has 20 heavy (non-hydrogen) atoms. The number of hydrogen-bond acceptors (Lipinski definition) is 3. The molecule has 3 nitrogen and oxygen atoms in total. The SMILES string of the molecule is COc1cc(NC(C)c2cccc(Cl)c2)c(N)cc1F. The molecule has 2 aromatic carbocycles. The molecule has 0 radical (unpaired) electrons. The summed E-state index contributed by atoms with van der Waals surface area (Å²) in [7, 11) is 1.42. The van der Waals surface area contributed by atoms with E-state index in [2.05, 4.69) is 5.32 Å². The minimum Gasteiger partial charge on any atom is -0.494 e. The molecule has 0 bridgehead atoms. The smallest absolute Gasteiger partial charge is 0.167 e. The molecule has 1 unspecified atom stereocenters. The quantitative estimate of drug-likeness (QED) is 0.829. The van der Waals surface area contributed by atoms with Crippen molar-refractivity contribution in [1.82, 2.24) is 0 Å². The van der Waals surface area contributed by atoms with E-state index in [9.17, 15) is 4.39 Å². The number of nitrogens with two attached hydrogens (primary N) is 1. The van der Waals surface area contributed by atoms with E-state index in [-0.39, 0.29) is 11.8 Å². The fourth-order valence-electron chi connectivity index (χ4n) is 1.94. The van der Waals surface area contributed by atoms with Crippen LogP contribution in [0.5, 0.6) is 5.75 Å². The van der Waals surface area contributed by atoms with Crippen LogP contribution in [-0.4, -0.2) is 7.11 Å². The van der Waals surface area contributed by atoms with Gasteiger partial charge in [0.25, 0.3) is 0 Å². The minimum atomic E-state index is -0.481. The van der Waals surface area contributed by atoms with Crippen molar-refractivity contribution in [3.05, 3.63) is 52.8 Å². The summed E-state index contributed by atoms with van der Waals surface area (Å²) in [5.41, 5.74) is 7.78. The van der Waals surface area contributed by atoms with Gasteiger partial charge in [-0.25, -0.2) is 4.39 Å². The van der Waals surface area contributed by atoms with Crippen LogP contribution in [-0.2, 0) is 0 Å². The van der Waals surface area contributed by atoms with Crippen molar-refractivity contribution < 1.29 is 9.13 Å². The average Bonchev–Trinajstić information content (AvgIpc) is 2.41. The van der Waals surface area contributed by atoms with Crippen molar-refractivity contribution in [2.75, 3.05) is 18.2 Å². The Labute approximate surface area is 122 Å². The molecular formula is C15H16ClFN2O. The van der Waals surface area contributed by atoms with Crippen LogP contribution < -0.4 is 15.8 Å². The van der Waals surface area contributed by atoms with Gasteiger partial charge in [-0.2, -0.15) is 0 Å². The van der Waals surface area contributed by atoms with E-state index in [4.69, 9.17) is 22.1 Å². The number of methoxy groups -OCH3 is 1. The molecular weight excluding hydrogens is 279 g/mol. The van der Waals surface area contributed by atoms with Gasteiger partial charge in [-0.15, -0.1) is 0 Å². The van der Waals surface area contributed by atoms with Gasteiger partial charge in [0.1, 0.15) is 0 Å². The van der Waals surface area contributed by atoms with Crippen LogP contribution in [0.15, 0.2) is 36.4 Å². The standard InChI is InChI=1S/C15H16ClFN2O/c1-9(10-4-3-5-11(16)6-10)19-14-8-15(20-2)12(17)7-13(14)18/h3-9,19H,18H2,1-2H3. The molecule has 0 amide bonds. The number of hydrogen-bond donors (Lipinski definition) is 2. The maximum absolute atomic E-state index is 13.5. The second kappa shape index (κ2) is 6.01. The molecule has 1 atom stereocenters. The Morgan fingerprint density at radius 3 is 2.70 bits per heavy atom. The third-order valence-electron chi connectivity index (χ3n) is 3.04. The van der Waals surface area contributed by atoms with Crippen LogP contribution >= 0.6 is 11.6 Å². The van der Waals surface area contributed by atoms with Crippen molar-refractivity contribution in [3.63, 3.8) is 0 Å². The lowest BCUT2D eigenvalue weighted by molar-refractivity contribution is 0.387. The Balaban J connectivity index is 2.25. The van der Waals surface area contributed by atoms with Gasteiger partial charge in [0.05, 0.1) is 18.5 Å². The van der Waals surface area contributed by atoms with Gasteiger partial charge in [-0.1, -0.05) is 23.7 Å². The molecule has 3 N–H and O–H groups in total. The molecule has 106 valence electrons. The van der Waals surface area contributed by atoms with Crippen LogP contribution in [0.1, 0.15) is 18.5 Å². The normalized spacial score (nSPS) is 12.0. The molecule has 0 aromatic heterocycles. The Morgan fingerprint density at radius 2 is 2.05 bits per heavy atom. The molecule has 0 aliphatic rings. The molecule has 0 heterocycles. The molecule has 0 aliphatic heterocycles. The Bertz CT molecular complexity index is 619. The first-order valence-electron chi connectivity index (χ1n) is 6.16. The number of halogens is 2. The number of nitrogen functional groups attached to an aromatic ring is 1. The Hall–Kier alpha value is -1.94. The number of ether oxygens (including phenoxy) is 1. The number of anilines is 2. The first kappa shape index (κ1) is 14.5. The lowest BCUT2D eigenvalue weighted by Crippen LogP contribution is -2.09. The Kier molecular flexibility index (Phi) is 4.35. The van der Waals surface area contributed by atoms with Gasteiger partial charge in [0.15, 0.2) is 11.6 Å². The van der Waals surface area contributed by atoms with E-state index in [0.29, 0.717) is 16.4 Å². The lowest BCUT2D eigenvalue weighted by Gasteiger charge is -2.18. The van der Waals surface area contributed by atoms with Crippen molar-refractivity contribution in [2.45, 2.75) is 13.0 Å². The second-order valence-corrected chi connectivity index (χ2v) is 4.93. The van der Waals surface area contributed by atoms with E-state index >= 15 is 0 Å². The topological polar surface area (TPSA) is 47.3 Å². The van der Waals surface area contributed by atoms with Crippen LogP contribution in [0.2, 0.25) is 5.02 Å². The summed E-state index contributed by atoms with van der Waals surface area (Å²) < 4.78 is 18.4. The highest BCUT2D eigenvalue weighted by Crippen LogP contribution is 2.31. The van der Waals surface area contributed by atoms with Crippen molar-refractivity contribution >= 4 is 23.0 Å². The summed E-state index contributed by atoms with van der Waals surface area (Å²) in [6, 6.07) is 10.3. The number of nitrogens with one attached hydrogen (secondary N) is 1. The van der Waals surface area contributed by atoms with Crippen LogP contribution in [0.3, 0.4) is 0 Å². The monoisotopic (exact) mass is 294 g/mol. The highest BCUT2D eigenvalue weighted by Gasteiger charge is 2.12. The molecule has 0 aliphatic carbocycles. The first-order chi connectivity index (χ1) is 9.51. The third-order valence-corrected chi connectivity index (χ3v) is 3.28. The summed E-state index contributed by atoms with van der Waals surface area (Å²) in [4.78, 5) is 0. The predicted molar refractivity (Wildman–Crippen MR) is 80.9 cm³/mol. The molecule has 0 saturated heterocycles. The summed E-state index contributed by atoms with van der Waals surface area (Å²) in [6.07, 6.45) is 0. The van der Waals surface area contributed by atoms with E-state index in [0.717, 1.165) is 5.56 Å². The first-order valence-corrected chi connectivity index (χ1v) is 6.54. The summed E-state index contributed by atoms with van der Waals surface area (Å²) in [5.74, 6) is -0.328. The van der Waals surface area contributed by atoms with Gasteiger partial charge < -0.3 is 15.8 Å². The molecule has 2 aromatic rings. The average molecular weight is 295 g/mol. The predicted octanol–water partition coefficient (Wildman–Crippen LogP) is 4.24. The van der Waals surface area contributed by atoms with Gasteiger partial charge in [-0.3, -0.25) is 0 Å². The third kappa shape index (κ3) is 3.14. The van der Waals surface area contributed by atoms with Crippen molar-refractivity contribution in [1.29, 1.82) is 0 Å². The molecule has 0 saturated carbocycles. The van der Waals surface area contributed by atoms with Gasteiger partial charge in [0, 0.05) is 23.2 Å². The Morgan fingerprint density at radius 1 is 1.30 bits per heavy atom.